The summed E-state index contributed by atoms with van der Waals surface area (Å²) in [6.45, 7) is 4.30. The van der Waals surface area contributed by atoms with Crippen molar-refractivity contribution in [3.8, 4) is 0 Å². The first-order valence-electron chi connectivity index (χ1n) is 5.87. The summed E-state index contributed by atoms with van der Waals surface area (Å²) in [5, 5.41) is 19.8. The fourth-order valence-corrected chi connectivity index (χ4v) is 1.79. The van der Waals surface area contributed by atoms with Gasteiger partial charge in [-0.3, -0.25) is 19.7 Å². The highest BCUT2D eigenvalue weighted by molar-refractivity contribution is 6.29. The zero-order valence-corrected chi connectivity index (χ0v) is 12.4. The maximum absolute atomic E-state index is 12.5. The molecule has 1 amide bonds. The molecule has 0 bridgehead atoms. The Balaban J connectivity index is 3.36. The maximum atomic E-state index is 12.5. The van der Waals surface area contributed by atoms with Gasteiger partial charge in [0.15, 0.2) is 0 Å². The van der Waals surface area contributed by atoms with Crippen LogP contribution < -0.4 is 0 Å². The van der Waals surface area contributed by atoms with Gasteiger partial charge in [-0.2, -0.15) is 0 Å². The van der Waals surface area contributed by atoms with E-state index in [9.17, 15) is 19.7 Å². The first-order valence-corrected chi connectivity index (χ1v) is 6.25. The number of carbonyl (C=O) groups is 2. The molecule has 1 aromatic rings. The van der Waals surface area contributed by atoms with Crippen LogP contribution in [0.5, 0.6) is 0 Å². The summed E-state index contributed by atoms with van der Waals surface area (Å²) in [6, 6.07) is 1.06. The van der Waals surface area contributed by atoms with Gasteiger partial charge in [0, 0.05) is 5.54 Å². The van der Waals surface area contributed by atoms with Crippen LogP contribution in [0.1, 0.15) is 31.1 Å². The average molecular weight is 316 g/mol. The second kappa shape index (κ2) is 6.04. The number of rotatable bonds is 4. The van der Waals surface area contributed by atoms with Crippen LogP contribution in [-0.4, -0.2) is 43.9 Å². The first kappa shape index (κ1) is 16.8. The fraction of sp³-hybridized carbons (Fsp3) is 0.417. The number of nitrogens with zero attached hydrogens (tertiary/aromatic N) is 3. The molecule has 0 aliphatic rings. The highest BCUT2D eigenvalue weighted by Crippen LogP contribution is 2.25. The standard InChI is InChI=1S/C12H14ClN3O5/c1-12(2,3)15(6-10(17)18)11(19)7-4-9(13)14-5-8(7)16(20)21/h4-5H,6H2,1-3H3,(H,17,18). The summed E-state index contributed by atoms with van der Waals surface area (Å²) >= 11 is 5.67. The van der Waals surface area contributed by atoms with Crippen LogP contribution in [0.2, 0.25) is 5.15 Å². The van der Waals surface area contributed by atoms with E-state index in [2.05, 4.69) is 4.98 Å². The number of carboxylic acid groups (broad SMARTS) is 1. The van der Waals surface area contributed by atoms with Crippen LogP contribution >= 0.6 is 11.6 Å². The molecule has 0 aliphatic carbocycles. The van der Waals surface area contributed by atoms with Gasteiger partial charge in [-0.15, -0.1) is 0 Å². The van der Waals surface area contributed by atoms with Crippen molar-refractivity contribution in [1.82, 2.24) is 9.88 Å². The van der Waals surface area contributed by atoms with Crippen molar-refractivity contribution in [3.63, 3.8) is 0 Å². The van der Waals surface area contributed by atoms with E-state index >= 15 is 0 Å². The fourth-order valence-electron chi connectivity index (χ4n) is 1.63. The van der Waals surface area contributed by atoms with E-state index < -0.39 is 34.6 Å². The zero-order valence-electron chi connectivity index (χ0n) is 11.7. The second-order valence-corrected chi connectivity index (χ2v) is 5.62. The summed E-state index contributed by atoms with van der Waals surface area (Å²) in [5.74, 6) is -2.01. The molecule has 1 heterocycles. The number of carboxylic acids is 1. The van der Waals surface area contributed by atoms with Crippen LogP contribution in [0, 0.1) is 10.1 Å². The lowest BCUT2D eigenvalue weighted by Crippen LogP contribution is -2.48. The summed E-state index contributed by atoms with van der Waals surface area (Å²) in [5.41, 5.74) is -1.65. The van der Waals surface area contributed by atoms with Gasteiger partial charge in [-0.1, -0.05) is 11.6 Å². The van der Waals surface area contributed by atoms with Crippen LogP contribution in [0.3, 0.4) is 0 Å². The summed E-state index contributed by atoms with van der Waals surface area (Å²) < 4.78 is 0. The number of aromatic nitrogens is 1. The van der Waals surface area contributed by atoms with Crippen molar-refractivity contribution in [1.29, 1.82) is 0 Å². The molecule has 114 valence electrons. The van der Waals surface area contributed by atoms with Crippen LogP contribution in [0.4, 0.5) is 5.69 Å². The van der Waals surface area contributed by atoms with Crippen LogP contribution in [0.15, 0.2) is 12.3 Å². The zero-order chi connectivity index (χ0) is 16.4. The van der Waals surface area contributed by atoms with Crippen molar-refractivity contribution in [2.45, 2.75) is 26.3 Å². The lowest BCUT2D eigenvalue weighted by molar-refractivity contribution is -0.385. The van der Waals surface area contributed by atoms with E-state index in [0.29, 0.717) is 0 Å². The van der Waals surface area contributed by atoms with Gasteiger partial charge < -0.3 is 10.0 Å². The molecule has 1 rings (SSSR count). The lowest BCUT2D eigenvalue weighted by Gasteiger charge is -2.34. The van der Waals surface area contributed by atoms with E-state index in [-0.39, 0.29) is 10.7 Å². The molecular formula is C12H14ClN3O5. The first-order chi connectivity index (χ1) is 9.54. The maximum Gasteiger partial charge on any atom is 0.323 e. The number of nitro groups is 1. The summed E-state index contributed by atoms with van der Waals surface area (Å²) in [7, 11) is 0. The van der Waals surface area contributed by atoms with E-state index in [4.69, 9.17) is 16.7 Å². The minimum absolute atomic E-state index is 0.0897. The highest BCUT2D eigenvalue weighted by atomic mass is 35.5. The molecule has 1 N–H and O–H groups in total. The second-order valence-electron chi connectivity index (χ2n) is 5.24. The quantitative estimate of drug-likeness (QED) is 0.516. The molecule has 21 heavy (non-hydrogen) atoms. The Bertz CT molecular complexity index is 597. The van der Waals surface area contributed by atoms with Gasteiger partial charge >= 0.3 is 5.97 Å². The lowest BCUT2D eigenvalue weighted by atomic mass is 10.0. The molecule has 1 aromatic heterocycles. The van der Waals surface area contributed by atoms with Gasteiger partial charge in [-0.25, -0.2) is 4.98 Å². The molecular weight excluding hydrogens is 302 g/mol. The monoisotopic (exact) mass is 315 g/mol. The predicted octanol–water partition coefficient (Wildman–Crippen LogP) is 1.97. The molecule has 0 spiro atoms. The largest absolute Gasteiger partial charge is 0.480 e. The third-order valence-electron chi connectivity index (χ3n) is 2.62. The normalized spacial score (nSPS) is 11.0. The predicted molar refractivity (Wildman–Crippen MR) is 74.3 cm³/mol. The van der Waals surface area contributed by atoms with E-state index in [1.165, 1.54) is 0 Å². The number of hydrogen-bond acceptors (Lipinski definition) is 5. The Morgan fingerprint density at radius 1 is 1.48 bits per heavy atom. The third-order valence-corrected chi connectivity index (χ3v) is 2.83. The van der Waals surface area contributed by atoms with Crippen molar-refractivity contribution < 1.29 is 19.6 Å². The van der Waals surface area contributed by atoms with E-state index in [1.54, 1.807) is 20.8 Å². The molecule has 0 radical (unpaired) electrons. The Morgan fingerprint density at radius 2 is 2.05 bits per heavy atom. The number of pyridine rings is 1. The molecule has 0 fully saturated rings. The van der Waals surface area contributed by atoms with Crippen LogP contribution in [-0.2, 0) is 4.79 Å². The Labute approximate surface area is 125 Å². The average Bonchev–Trinajstić information content (AvgIpc) is 2.33. The Kier molecular flexibility index (Phi) is 4.84. The van der Waals surface area contributed by atoms with Crippen molar-refractivity contribution >= 4 is 29.2 Å². The molecule has 0 saturated heterocycles. The Hall–Kier alpha value is -2.22. The topological polar surface area (TPSA) is 114 Å². The highest BCUT2D eigenvalue weighted by Gasteiger charge is 2.33. The minimum atomic E-state index is -1.22. The van der Waals surface area contributed by atoms with Crippen molar-refractivity contribution in [2.24, 2.45) is 0 Å². The number of carbonyl (C=O) groups excluding carboxylic acids is 1. The van der Waals surface area contributed by atoms with Gasteiger partial charge in [0.05, 0.1) is 4.92 Å². The summed E-state index contributed by atoms with van der Waals surface area (Å²) in [6.07, 6.45) is 0.872. The van der Waals surface area contributed by atoms with Gasteiger partial charge in [0.2, 0.25) is 0 Å². The molecule has 0 atom stereocenters. The van der Waals surface area contributed by atoms with Crippen molar-refractivity contribution in [3.05, 3.63) is 33.1 Å². The summed E-state index contributed by atoms with van der Waals surface area (Å²) in [4.78, 5) is 38.2. The Morgan fingerprint density at radius 3 is 2.48 bits per heavy atom. The van der Waals surface area contributed by atoms with Gasteiger partial charge in [0.1, 0.15) is 23.5 Å². The van der Waals surface area contributed by atoms with E-state index in [1.807, 2.05) is 0 Å². The van der Waals surface area contributed by atoms with E-state index in [0.717, 1.165) is 17.2 Å². The third kappa shape index (κ3) is 4.12. The molecule has 0 aromatic carbocycles. The molecule has 0 unspecified atom stereocenters. The molecule has 9 heteroatoms. The van der Waals surface area contributed by atoms with Crippen LogP contribution in [0.25, 0.3) is 0 Å². The number of amides is 1. The van der Waals surface area contributed by atoms with Crippen molar-refractivity contribution in [2.75, 3.05) is 6.54 Å². The minimum Gasteiger partial charge on any atom is -0.480 e. The number of aliphatic carboxylic acids is 1. The molecule has 0 saturated carbocycles. The molecule has 8 nitrogen and oxygen atoms in total. The van der Waals surface area contributed by atoms with Gasteiger partial charge in [0.25, 0.3) is 11.6 Å². The smallest absolute Gasteiger partial charge is 0.323 e. The van der Waals surface area contributed by atoms with Gasteiger partial charge in [-0.05, 0) is 26.8 Å². The molecule has 0 aliphatic heterocycles. The number of hydrogen-bond donors (Lipinski definition) is 1. The SMILES string of the molecule is CC(C)(C)N(CC(=O)O)C(=O)c1cc(Cl)ncc1[N+](=O)[O-]. The number of halogens is 1.